The highest BCUT2D eigenvalue weighted by Gasteiger charge is 1.99. The third-order valence-corrected chi connectivity index (χ3v) is 1.93. The van der Waals surface area contributed by atoms with Gasteiger partial charge in [0.05, 0.1) is 5.69 Å². The zero-order valence-electron chi connectivity index (χ0n) is 7.56. The van der Waals surface area contributed by atoms with Crippen LogP contribution in [0.1, 0.15) is 5.69 Å². The first-order chi connectivity index (χ1) is 6.75. The normalized spacial score (nSPS) is 10.1. The summed E-state index contributed by atoms with van der Waals surface area (Å²) >= 11 is 4.98. The van der Waals surface area contributed by atoms with Crippen molar-refractivity contribution in [1.82, 2.24) is 19.9 Å². The summed E-state index contributed by atoms with van der Waals surface area (Å²) in [6, 6.07) is 1.91. The molecule has 0 saturated heterocycles. The average Bonchev–Trinajstić information content (AvgIpc) is 2.18. The lowest BCUT2D eigenvalue weighted by Gasteiger charge is -2.00. The maximum Gasteiger partial charge on any atom is 0.197 e. The van der Waals surface area contributed by atoms with Crippen molar-refractivity contribution < 1.29 is 0 Å². The summed E-state index contributed by atoms with van der Waals surface area (Å²) < 4.78 is 0.476. The molecule has 14 heavy (non-hydrogen) atoms. The second-order valence-corrected chi connectivity index (χ2v) is 3.27. The molecule has 2 aromatic rings. The van der Waals surface area contributed by atoms with E-state index in [0.717, 1.165) is 17.0 Å². The highest BCUT2D eigenvalue weighted by molar-refractivity contribution is 7.71. The number of nitrogens with zero attached hydrogens (tertiary/aromatic N) is 3. The smallest absolute Gasteiger partial charge is 0.197 e. The van der Waals surface area contributed by atoms with Gasteiger partial charge < -0.3 is 4.98 Å². The van der Waals surface area contributed by atoms with Gasteiger partial charge in [-0.1, -0.05) is 0 Å². The first kappa shape index (κ1) is 8.96. The van der Waals surface area contributed by atoms with E-state index in [1.807, 2.05) is 13.0 Å². The summed E-state index contributed by atoms with van der Waals surface area (Å²) in [7, 11) is 0. The van der Waals surface area contributed by atoms with Crippen LogP contribution in [0.4, 0.5) is 0 Å². The topological polar surface area (TPSA) is 54.5 Å². The Balaban J connectivity index is 2.58. The van der Waals surface area contributed by atoms with Gasteiger partial charge in [0.1, 0.15) is 6.33 Å². The fourth-order valence-electron chi connectivity index (χ4n) is 1.16. The third kappa shape index (κ3) is 1.82. The lowest BCUT2D eigenvalue weighted by molar-refractivity contribution is 1.07. The molecule has 0 bridgehead atoms. The summed E-state index contributed by atoms with van der Waals surface area (Å²) in [6.45, 7) is 1.94. The monoisotopic (exact) mass is 204 g/mol. The van der Waals surface area contributed by atoms with E-state index in [2.05, 4.69) is 19.9 Å². The summed E-state index contributed by atoms with van der Waals surface area (Å²) in [5.41, 5.74) is 2.64. The molecule has 0 amide bonds. The van der Waals surface area contributed by atoms with Crippen molar-refractivity contribution in [2.45, 2.75) is 6.92 Å². The van der Waals surface area contributed by atoms with Crippen molar-refractivity contribution in [3.63, 3.8) is 0 Å². The number of aromatic nitrogens is 4. The number of aromatic amines is 1. The second kappa shape index (κ2) is 3.63. The maximum absolute atomic E-state index is 4.98. The molecule has 0 spiro atoms. The van der Waals surface area contributed by atoms with Crippen LogP contribution < -0.4 is 0 Å². The van der Waals surface area contributed by atoms with Crippen molar-refractivity contribution in [2.75, 3.05) is 0 Å². The standard InChI is InChI=1S/C9H8N4S/c1-6-2-8(13-9(14)12-6)7-3-10-5-11-4-7/h2-5H,1H3,(H,12,13,14). The Kier molecular flexibility index (Phi) is 2.32. The Morgan fingerprint density at radius 2 is 2.00 bits per heavy atom. The number of aryl methyl sites for hydroxylation is 1. The van der Waals surface area contributed by atoms with Gasteiger partial charge in [-0.05, 0) is 25.2 Å². The van der Waals surface area contributed by atoms with Crippen LogP contribution in [0.5, 0.6) is 0 Å². The molecule has 0 aliphatic carbocycles. The van der Waals surface area contributed by atoms with E-state index in [1.54, 1.807) is 12.4 Å². The molecular formula is C9H8N4S. The number of hydrogen-bond acceptors (Lipinski definition) is 4. The molecule has 0 radical (unpaired) electrons. The Labute approximate surface area is 86.1 Å². The molecule has 2 rings (SSSR count). The molecule has 2 heterocycles. The average molecular weight is 204 g/mol. The number of hydrogen-bond donors (Lipinski definition) is 1. The van der Waals surface area contributed by atoms with E-state index in [1.165, 1.54) is 6.33 Å². The fourth-order valence-corrected chi connectivity index (χ4v) is 1.42. The first-order valence-corrected chi connectivity index (χ1v) is 4.50. The quantitative estimate of drug-likeness (QED) is 0.721. The molecule has 2 aromatic heterocycles. The van der Waals surface area contributed by atoms with Crippen molar-refractivity contribution in [2.24, 2.45) is 0 Å². The van der Waals surface area contributed by atoms with E-state index in [-0.39, 0.29) is 0 Å². The predicted octanol–water partition coefficient (Wildman–Crippen LogP) is 1.90. The van der Waals surface area contributed by atoms with E-state index in [4.69, 9.17) is 12.2 Å². The lowest BCUT2D eigenvalue weighted by atomic mass is 10.2. The molecule has 4 nitrogen and oxygen atoms in total. The zero-order chi connectivity index (χ0) is 9.97. The predicted molar refractivity (Wildman–Crippen MR) is 55.2 cm³/mol. The Bertz CT molecular complexity index is 492. The van der Waals surface area contributed by atoms with Gasteiger partial charge in [-0.3, -0.25) is 0 Å². The van der Waals surface area contributed by atoms with Gasteiger partial charge in [-0.15, -0.1) is 0 Å². The van der Waals surface area contributed by atoms with Gasteiger partial charge in [0.15, 0.2) is 4.77 Å². The van der Waals surface area contributed by atoms with Crippen molar-refractivity contribution in [3.05, 3.63) is 35.3 Å². The van der Waals surface area contributed by atoms with Gasteiger partial charge in [0.25, 0.3) is 0 Å². The van der Waals surface area contributed by atoms with Crippen LogP contribution in [-0.4, -0.2) is 19.9 Å². The molecule has 0 unspecified atom stereocenters. The van der Waals surface area contributed by atoms with Gasteiger partial charge in [0, 0.05) is 23.7 Å². The van der Waals surface area contributed by atoms with Gasteiger partial charge in [-0.25, -0.2) is 15.0 Å². The minimum absolute atomic E-state index is 0.476. The van der Waals surface area contributed by atoms with Gasteiger partial charge in [-0.2, -0.15) is 0 Å². The van der Waals surface area contributed by atoms with E-state index in [9.17, 15) is 0 Å². The van der Waals surface area contributed by atoms with E-state index >= 15 is 0 Å². The molecule has 0 fully saturated rings. The minimum Gasteiger partial charge on any atom is -0.335 e. The van der Waals surface area contributed by atoms with E-state index < -0.39 is 0 Å². The fraction of sp³-hybridized carbons (Fsp3) is 0.111. The summed E-state index contributed by atoms with van der Waals surface area (Å²) in [6.07, 6.45) is 4.91. The highest BCUT2D eigenvalue weighted by atomic mass is 32.1. The van der Waals surface area contributed by atoms with Crippen LogP contribution >= 0.6 is 12.2 Å². The third-order valence-electron chi connectivity index (χ3n) is 1.74. The largest absolute Gasteiger partial charge is 0.335 e. The Morgan fingerprint density at radius 3 is 2.64 bits per heavy atom. The Hall–Kier alpha value is -1.62. The van der Waals surface area contributed by atoms with Gasteiger partial charge >= 0.3 is 0 Å². The summed E-state index contributed by atoms with van der Waals surface area (Å²) in [5.74, 6) is 0. The molecule has 0 aliphatic heterocycles. The molecule has 0 aromatic carbocycles. The van der Waals surface area contributed by atoms with E-state index in [0.29, 0.717) is 4.77 Å². The van der Waals surface area contributed by atoms with Crippen molar-refractivity contribution in [3.8, 4) is 11.3 Å². The molecule has 0 aliphatic rings. The number of H-pyrrole nitrogens is 1. The van der Waals surface area contributed by atoms with Crippen LogP contribution in [0.25, 0.3) is 11.3 Å². The minimum atomic E-state index is 0.476. The molecule has 0 atom stereocenters. The Morgan fingerprint density at radius 1 is 1.29 bits per heavy atom. The molecule has 1 N–H and O–H groups in total. The summed E-state index contributed by atoms with van der Waals surface area (Å²) in [5, 5.41) is 0. The molecule has 5 heteroatoms. The van der Waals surface area contributed by atoms with Crippen molar-refractivity contribution in [1.29, 1.82) is 0 Å². The zero-order valence-corrected chi connectivity index (χ0v) is 8.38. The van der Waals surface area contributed by atoms with Crippen LogP contribution in [0.3, 0.4) is 0 Å². The number of rotatable bonds is 1. The number of nitrogens with one attached hydrogen (secondary N) is 1. The second-order valence-electron chi connectivity index (χ2n) is 2.88. The molecular weight excluding hydrogens is 196 g/mol. The van der Waals surface area contributed by atoms with Gasteiger partial charge in [0.2, 0.25) is 0 Å². The highest BCUT2D eigenvalue weighted by Crippen LogP contribution is 2.13. The lowest BCUT2D eigenvalue weighted by Crippen LogP contribution is -1.91. The first-order valence-electron chi connectivity index (χ1n) is 4.09. The van der Waals surface area contributed by atoms with Crippen LogP contribution in [-0.2, 0) is 0 Å². The summed E-state index contributed by atoms with van der Waals surface area (Å²) in [4.78, 5) is 15.0. The molecule has 0 saturated carbocycles. The van der Waals surface area contributed by atoms with Crippen LogP contribution in [0.15, 0.2) is 24.8 Å². The van der Waals surface area contributed by atoms with Crippen LogP contribution in [0.2, 0.25) is 0 Å². The van der Waals surface area contributed by atoms with Crippen LogP contribution in [0, 0.1) is 11.7 Å². The maximum atomic E-state index is 4.98. The van der Waals surface area contributed by atoms with Crippen molar-refractivity contribution >= 4 is 12.2 Å². The SMILES string of the molecule is Cc1cc(-c2cncnc2)nc(=S)[nH]1. The molecule has 70 valence electrons.